The predicted molar refractivity (Wildman–Crippen MR) is 103 cm³/mol. The zero-order valence-electron chi connectivity index (χ0n) is 14.6. The summed E-state index contributed by atoms with van der Waals surface area (Å²) in [5.74, 6) is 0.432. The van der Waals surface area contributed by atoms with Gasteiger partial charge in [0.1, 0.15) is 12.1 Å². The van der Waals surface area contributed by atoms with E-state index in [1.54, 1.807) is 0 Å². The molecule has 3 N–H and O–H groups in total. The van der Waals surface area contributed by atoms with Crippen LogP contribution in [0.15, 0.2) is 42.8 Å². The topological polar surface area (TPSA) is 89.8 Å². The molecule has 25 heavy (non-hydrogen) atoms. The monoisotopic (exact) mass is 361 g/mol. The van der Waals surface area contributed by atoms with Crippen LogP contribution in [0.4, 0.5) is 5.82 Å². The Kier molecular flexibility index (Phi) is 6.73. The summed E-state index contributed by atoms with van der Waals surface area (Å²) >= 11 is 4.64. The molecule has 0 atom stereocenters. The van der Waals surface area contributed by atoms with Gasteiger partial charge in [-0.1, -0.05) is 30.9 Å². The molecule has 1 fully saturated rings. The summed E-state index contributed by atoms with van der Waals surface area (Å²) < 4.78 is 1.87. The molecule has 0 saturated heterocycles. The first-order chi connectivity index (χ1) is 12.1. The number of alkyl halides is 1. The molecule has 134 valence electrons. The van der Waals surface area contributed by atoms with Gasteiger partial charge in [-0.05, 0) is 25.3 Å². The molecule has 0 aliphatic heterocycles. The van der Waals surface area contributed by atoms with E-state index >= 15 is 0 Å². The smallest absolute Gasteiger partial charge is 0.163 e. The first-order valence-corrected chi connectivity index (χ1v) is 8.86. The van der Waals surface area contributed by atoms with E-state index in [2.05, 4.69) is 33.2 Å². The van der Waals surface area contributed by atoms with Crippen LogP contribution in [0.1, 0.15) is 31.5 Å². The van der Waals surface area contributed by atoms with Crippen LogP contribution in [0.5, 0.6) is 0 Å². The molecule has 0 unspecified atom stereocenters. The van der Waals surface area contributed by atoms with Crippen molar-refractivity contribution in [1.82, 2.24) is 19.7 Å². The van der Waals surface area contributed by atoms with E-state index in [1.807, 2.05) is 35.9 Å². The van der Waals surface area contributed by atoms with Crippen LogP contribution in [0.25, 0.3) is 11.0 Å². The lowest BCUT2D eigenvalue weighted by atomic mass is 9.90. The van der Waals surface area contributed by atoms with Gasteiger partial charge in [0.2, 0.25) is 0 Å². The molecule has 0 amide bonds. The van der Waals surface area contributed by atoms with E-state index in [9.17, 15) is 5.11 Å². The van der Waals surface area contributed by atoms with Gasteiger partial charge < -0.3 is 10.8 Å². The minimum Gasteiger partial charge on any atom is -0.393 e. The van der Waals surface area contributed by atoms with E-state index in [4.69, 9.17) is 5.73 Å². The number of allylic oxidation sites excluding steroid dienone is 5. The number of aliphatic hydroxyl groups is 1. The third-order valence-corrected chi connectivity index (χ3v) is 4.05. The van der Waals surface area contributed by atoms with Crippen LogP contribution in [0, 0.1) is 0 Å². The molecule has 7 heteroatoms. The van der Waals surface area contributed by atoms with Crippen molar-refractivity contribution in [2.75, 3.05) is 12.1 Å². The molecule has 0 aromatic carbocycles. The molecule has 1 aliphatic carbocycles. The molecule has 0 spiro atoms. The van der Waals surface area contributed by atoms with Crippen LogP contribution in [0.3, 0.4) is 0 Å². The number of halogens is 1. The number of aromatic nitrogens is 4. The van der Waals surface area contributed by atoms with Crippen LogP contribution in [-0.2, 0) is 6.42 Å². The number of aliphatic hydroxyl groups excluding tert-OH is 1. The summed E-state index contributed by atoms with van der Waals surface area (Å²) in [4.78, 5) is 8.43. The lowest BCUT2D eigenvalue weighted by molar-refractivity contribution is 0.0449. The number of hydrogen-bond acceptors (Lipinski definition) is 5. The second-order valence-corrected chi connectivity index (χ2v) is 5.85. The van der Waals surface area contributed by atoms with Crippen molar-refractivity contribution in [3.05, 3.63) is 48.5 Å². The third kappa shape index (κ3) is 4.27. The Bertz CT molecular complexity index is 790. The standard InChI is InChI=1S/C17H21N5O.CH3Cl/c1-3-4-5-6-11(2)7-14-15-16(18)19-10-20-17(15)22(21-14)12-8-13(23)9-12;1-2/h3-6,10,12-13,23H,2,7-9H2,1H3,(H2,18,19,20);1H3/b4-3-,6-5-;. The highest BCUT2D eigenvalue weighted by Crippen LogP contribution is 2.35. The molecule has 0 radical (unpaired) electrons. The van der Waals surface area contributed by atoms with Gasteiger partial charge in [-0.25, -0.2) is 14.6 Å². The lowest BCUT2D eigenvalue weighted by Gasteiger charge is -2.31. The number of rotatable bonds is 5. The fraction of sp³-hybridized carbons (Fsp3) is 0.389. The zero-order chi connectivity index (χ0) is 18.4. The normalized spacial score (nSPS) is 19.8. The quantitative estimate of drug-likeness (QED) is 0.630. The summed E-state index contributed by atoms with van der Waals surface area (Å²) in [7, 11) is 0. The van der Waals surface area contributed by atoms with E-state index in [0.717, 1.165) is 22.3 Å². The number of nitrogen functional groups attached to an aromatic ring is 1. The van der Waals surface area contributed by atoms with Gasteiger partial charge in [0, 0.05) is 12.8 Å². The SMILES string of the molecule is C=C(/C=C\C=C/C)Cc1nn(C2CC(O)C2)c2ncnc(N)c12.CCl. The van der Waals surface area contributed by atoms with Crippen molar-refractivity contribution in [3.8, 4) is 0 Å². The van der Waals surface area contributed by atoms with Gasteiger partial charge in [0.05, 0.1) is 23.2 Å². The largest absolute Gasteiger partial charge is 0.393 e. The average Bonchev–Trinajstić information content (AvgIpc) is 2.93. The van der Waals surface area contributed by atoms with Gasteiger partial charge in [-0.2, -0.15) is 5.10 Å². The Labute approximate surface area is 152 Å². The molecule has 0 bridgehead atoms. The Hall–Kier alpha value is -2.18. The maximum atomic E-state index is 9.55. The van der Waals surface area contributed by atoms with Gasteiger partial charge in [0.15, 0.2) is 5.65 Å². The number of fused-ring (bicyclic) bond motifs is 1. The molecule has 6 nitrogen and oxygen atoms in total. The molecule has 1 aliphatic rings. The number of nitrogens with two attached hydrogens (primary N) is 1. The van der Waals surface area contributed by atoms with E-state index in [-0.39, 0.29) is 12.1 Å². The van der Waals surface area contributed by atoms with E-state index < -0.39 is 0 Å². The number of nitrogens with zero attached hydrogens (tertiary/aromatic N) is 4. The zero-order valence-corrected chi connectivity index (χ0v) is 15.3. The Morgan fingerprint density at radius 1 is 1.40 bits per heavy atom. The Balaban J connectivity index is 0.00000109. The lowest BCUT2D eigenvalue weighted by Crippen LogP contribution is -2.31. The molecule has 2 aromatic rings. The minimum absolute atomic E-state index is 0.169. The fourth-order valence-electron chi connectivity index (χ4n) is 2.78. The number of anilines is 1. The first-order valence-electron chi connectivity index (χ1n) is 8.10. The van der Waals surface area contributed by atoms with Crippen molar-refractivity contribution < 1.29 is 5.11 Å². The molecule has 2 heterocycles. The van der Waals surface area contributed by atoms with Crippen LogP contribution in [0.2, 0.25) is 0 Å². The highest BCUT2D eigenvalue weighted by molar-refractivity contribution is 6.15. The van der Waals surface area contributed by atoms with Crippen molar-refractivity contribution in [1.29, 1.82) is 0 Å². The molecule has 1 saturated carbocycles. The maximum absolute atomic E-state index is 9.55. The second kappa shape index (κ2) is 8.78. The summed E-state index contributed by atoms with van der Waals surface area (Å²) in [6, 6.07) is 0.169. The maximum Gasteiger partial charge on any atom is 0.163 e. The van der Waals surface area contributed by atoms with Gasteiger partial charge in [0.25, 0.3) is 0 Å². The number of hydrogen-bond donors (Lipinski definition) is 2. The van der Waals surface area contributed by atoms with Gasteiger partial charge in [-0.3, -0.25) is 0 Å². The molecule has 3 rings (SSSR count). The van der Waals surface area contributed by atoms with Crippen LogP contribution < -0.4 is 5.73 Å². The first kappa shape index (κ1) is 19.1. The van der Waals surface area contributed by atoms with Crippen molar-refractivity contribution in [3.63, 3.8) is 0 Å². The van der Waals surface area contributed by atoms with Crippen LogP contribution in [-0.4, -0.2) is 37.3 Å². The van der Waals surface area contributed by atoms with E-state index in [1.165, 1.54) is 12.7 Å². The Morgan fingerprint density at radius 3 is 2.76 bits per heavy atom. The van der Waals surface area contributed by atoms with Gasteiger partial charge in [-0.15, -0.1) is 11.6 Å². The van der Waals surface area contributed by atoms with Crippen LogP contribution >= 0.6 is 11.6 Å². The highest BCUT2D eigenvalue weighted by Gasteiger charge is 2.32. The molecular weight excluding hydrogens is 338 g/mol. The third-order valence-electron chi connectivity index (χ3n) is 4.05. The average molecular weight is 362 g/mol. The summed E-state index contributed by atoms with van der Waals surface area (Å²) in [5, 5.41) is 15.0. The molecular formula is C18H24ClN5O. The van der Waals surface area contributed by atoms with Crippen molar-refractivity contribution in [2.45, 2.75) is 38.3 Å². The summed E-state index contributed by atoms with van der Waals surface area (Å²) in [6.07, 6.45) is 12.5. The second-order valence-electron chi connectivity index (χ2n) is 5.85. The summed E-state index contributed by atoms with van der Waals surface area (Å²) in [6.45, 7) is 6.03. The summed E-state index contributed by atoms with van der Waals surface area (Å²) in [5.41, 5.74) is 8.54. The highest BCUT2D eigenvalue weighted by atomic mass is 35.5. The van der Waals surface area contributed by atoms with E-state index in [0.29, 0.717) is 25.1 Å². The minimum atomic E-state index is -0.249. The molecule has 2 aromatic heterocycles. The van der Waals surface area contributed by atoms with Crippen molar-refractivity contribution >= 4 is 28.5 Å². The Morgan fingerprint density at radius 2 is 2.12 bits per heavy atom. The predicted octanol–water partition coefficient (Wildman–Crippen LogP) is 3.19. The van der Waals surface area contributed by atoms with Crippen molar-refractivity contribution in [2.24, 2.45) is 0 Å². The fourth-order valence-corrected chi connectivity index (χ4v) is 2.78. The van der Waals surface area contributed by atoms with Gasteiger partial charge >= 0.3 is 0 Å².